The van der Waals surface area contributed by atoms with Crippen molar-refractivity contribution in [1.29, 1.82) is 0 Å². The molecule has 2 aromatic carbocycles. The molecule has 150 valence electrons. The Bertz CT molecular complexity index is 958. The van der Waals surface area contributed by atoms with Crippen molar-refractivity contribution in [3.63, 3.8) is 0 Å². The lowest BCUT2D eigenvalue weighted by Crippen LogP contribution is -2.42. The minimum absolute atomic E-state index is 0.0414. The molecule has 2 amide bonds. The monoisotopic (exact) mass is 396 g/mol. The van der Waals surface area contributed by atoms with E-state index in [-0.39, 0.29) is 18.6 Å². The van der Waals surface area contributed by atoms with Gasteiger partial charge in [0.25, 0.3) is 5.91 Å². The average molecular weight is 396 g/mol. The number of carbonyl (C=O) groups is 3. The number of para-hydroxylation sites is 2. The number of hydrogen-bond donors (Lipinski definition) is 2. The molecule has 0 saturated carbocycles. The maximum Gasteiger partial charge on any atom is 0.338 e. The van der Waals surface area contributed by atoms with Crippen LogP contribution in [0.1, 0.15) is 22.3 Å². The van der Waals surface area contributed by atoms with Gasteiger partial charge in [0.2, 0.25) is 5.91 Å². The van der Waals surface area contributed by atoms with Crippen LogP contribution in [-0.4, -0.2) is 43.6 Å². The van der Waals surface area contributed by atoms with Gasteiger partial charge < -0.3 is 24.8 Å². The Morgan fingerprint density at radius 2 is 1.97 bits per heavy atom. The minimum Gasteiger partial charge on any atom is -0.486 e. The van der Waals surface area contributed by atoms with Gasteiger partial charge in [0.05, 0.1) is 12.1 Å². The first-order chi connectivity index (χ1) is 14.1. The maximum absolute atomic E-state index is 12.2. The van der Waals surface area contributed by atoms with Gasteiger partial charge in [-0.25, -0.2) is 4.79 Å². The smallest absolute Gasteiger partial charge is 0.338 e. The molecule has 0 aliphatic carbocycles. The van der Waals surface area contributed by atoms with Gasteiger partial charge in [-0.05, 0) is 42.3 Å². The minimum atomic E-state index is -0.592. The molecular formula is C21H20N2O6. The van der Waals surface area contributed by atoms with Gasteiger partial charge in [-0.15, -0.1) is 0 Å². The van der Waals surface area contributed by atoms with E-state index in [0.717, 1.165) is 5.56 Å². The molecule has 2 N–H and O–H groups in total. The van der Waals surface area contributed by atoms with E-state index < -0.39 is 18.5 Å². The van der Waals surface area contributed by atoms with E-state index in [1.165, 1.54) is 0 Å². The van der Waals surface area contributed by atoms with Crippen molar-refractivity contribution in [3.05, 3.63) is 53.6 Å². The first kappa shape index (κ1) is 18.8. The van der Waals surface area contributed by atoms with Crippen LogP contribution in [0.2, 0.25) is 0 Å². The number of rotatable bonds is 5. The van der Waals surface area contributed by atoms with E-state index in [9.17, 15) is 14.4 Å². The molecule has 0 spiro atoms. The molecule has 0 bridgehead atoms. The van der Waals surface area contributed by atoms with E-state index in [0.29, 0.717) is 42.2 Å². The number of anilines is 1. The maximum atomic E-state index is 12.2. The first-order valence-corrected chi connectivity index (χ1v) is 9.33. The molecular weight excluding hydrogens is 376 g/mol. The number of carbonyl (C=O) groups excluding carboxylic acids is 3. The molecule has 0 radical (unpaired) electrons. The Kier molecular flexibility index (Phi) is 5.33. The van der Waals surface area contributed by atoms with Crippen molar-refractivity contribution in [1.82, 2.24) is 5.32 Å². The molecule has 0 fully saturated rings. The van der Waals surface area contributed by atoms with Crippen LogP contribution in [0.25, 0.3) is 0 Å². The number of ether oxygens (including phenoxy) is 3. The summed E-state index contributed by atoms with van der Waals surface area (Å²) in [5.74, 6) is 0.249. The summed E-state index contributed by atoms with van der Waals surface area (Å²) in [7, 11) is 0. The quantitative estimate of drug-likeness (QED) is 0.746. The van der Waals surface area contributed by atoms with Gasteiger partial charge >= 0.3 is 5.97 Å². The molecule has 0 saturated heterocycles. The highest BCUT2D eigenvalue weighted by Gasteiger charge is 2.22. The van der Waals surface area contributed by atoms with E-state index in [4.69, 9.17) is 14.2 Å². The summed E-state index contributed by atoms with van der Waals surface area (Å²) in [6.45, 7) is 0.169. The van der Waals surface area contributed by atoms with Crippen molar-refractivity contribution < 1.29 is 28.6 Å². The summed E-state index contributed by atoms with van der Waals surface area (Å²) in [5, 5.41) is 5.43. The van der Waals surface area contributed by atoms with Gasteiger partial charge in [0.1, 0.15) is 12.7 Å². The van der Waals surface area contributed by atoms with E-state index >= 15 is 0 Å². The van der Waals surface area contributed by atoms with Gasteiger partial charge in [-0.3, -0.25) is 9.59 Å². The van der Waals surface area contributed by atoms with Crippen molar-refractivity contribution in [2.75, 3.05) is 25.1 Å². The second-order valence-electron chi connectivity index (χ2n) is 6.80. The van der Waals surface area contributed by atoms with Crippen LogP contribution in [0.15, 0.2) is 42.5 Å². The van der Waals surface area contributed by atoms with Crippen LogP contribution in [0.4, 0.5) is 5.69 Å². The van der Waals surface area contributed by atoms with Crippen molar-refractivity contribution in [2.24, 2.45) is 0 Å². The van der Waals surface area contributed by atoms with Gasteiger partial charge in [0, 0.05) is 12.1 Å². The third-order valence-electron chi connectivity index (χ3n) is 4.67. The fourth-order valence-electron chi connectivity index (χ4n) is 3.17. The summed E-state index contributed by atoms with van der Waals surface area (Å²) in [6.07, 6.45) is 0.626. The fourth-order valence-corrected chi connectivity index (χ4v) is 3.17. The van der Waals surface area contributed by atoms with Crippen molar-refractivity contribution >= 4 is 23.5 Å². The summed E-state index contributed by atoms with van der Waals surface area (Å²) >= 11 is 0. The van der Waals surface area contributed by atoms with Crippen LogP contribution in [0.5, 0.6) is 11.5 Å². The topological polar surface area (TPSA) is 103 Å². The largest absolute Gasteiger partial charge is 0.486 e. The number of hydrogen-bond acceptors (Lipinski definition) is 6. The molecule has 29 heavy (non-hydrogen) atoms. The Labute approximate surface area is 167 Å². The summed E-state index contributed by atoms with van der Waals surface area (Å²) in [5.41, 5.74) is 1.92. The number of amides is 2. The molecule has 2 heterocycles. The zero-order valence-electron chi connectivity index (χ0n) is 15.6. The molecule has 2 aliphatic heterocycles. The van der Waals surface area contributed by atoms with Crippen LogP contribution in [-0.2, 0) is 20.7 Å². The second-order valence-corrected chi connectivity index (χ2v) is 6.80. The van der Waals surface area contributed by atoms with E-state index in [1.807, 2.05) is 18.2 Å². The zero-order chi connectivity index (χ0) is 20.2. The number of nitrogens with one attached hydrogen (secondary N) is 2. The van der Waals surface area contributed by atoms with Crippen LogP contribution < -0.4 is 20.1 Å². The number of esters is 1. The van der Waals surface area contributed by atoms with Crippen LogP contribution in [0.3, 0.4) is 0 Å². The average Bonchev–Trinajstić information content (AvgIpc) is 2.75. The SMILES string of the molecule is O=C(COC(=O)c1ccc2c(c1)CCC(=O)N2)NC[C@@H]1COc2ccccc2O1. The van der Waals surface area contributed by atoms with Crippen molar-refractivity contribution in [3.8, 4) is 11.5 Å². The highest BCUT2D eigenvalue weighted by atomic mass is 16.6. The normalized spacial score (nSPS) is 17.0. The van der Waals surface area contributed by atoms with Gasteiger partial charge in [-0.2, -0.15) is 0 Å². The Balaban J connectivity index is 1.24. The molecule has 0 aromatic heterocycles. The molecule has 2 aromatic rings. The standard InChI is InChI=1S/C21H20N2O6/c24-19-8-6-13-9-14(5-7-16(13)23-19)21(26)28-12-20(25)22-10-15-11-27-17-3-1-2-4-18(17)29-15/h1-5,7,9,15H,6,8,10-12H2,(H,22,25)(H,23,24)/t15-/m1/s1. The third kappa shape index (κ3) is 4.48. The second kappa shape index (κ2) is 8.22. The predicted molar refractivity (Wildman–Crippen MR) is 103 cm³/mol. The lowest BCUT2D eigenvalue weighted by atomic mass is 10.0. The lowest BCUT2D eigenvalue weighted by Gasteiger charge is -2.26. The van der Waals surface area contributed by atoms with E-state index in [2.05, 4.69) is 10.6 Å². The van der Waals surface area contributed by atoms with Crippen LogP contribution >= 0.6 is 0 Å². The zero-order valence-corrected chi connectivity index (χ0v) is 15.6. The van der Waals surface area contributed by atoms with E-state index in [1.54, 1.807) is 24.3 Å². The Morgan fingerprint density at radius 3 is 2.83 bits per heavy atom. The molecule has 8 nitrogen and oxygen atoms in total. The highest BCUT2D eigenvalue weighted by Crippen LogP contribution is 2.30. The van der Waals surface area contributed by atoms with Crippen molar-refractivity contribution in [2.45, 2.75) is 18.9 Å². The predicted octanol–water partition coefficient (Wildman–Crippen LogP) is 1.68. The molecule has 4 rings (SSSR count). The molecule has 0 unspecified atom stereocenters. The Morgan fingerprint density at radius 1 is 1.14 bits per heavy atom. The third-order valence-corrected chi connectivity index (χ3v) is 4.67. The first-order valence-electron chi connectivity index (χ1n) is 9.33. The number of fused-ring (bicyclic) bond motifs is 2. The fraction of sp³-hybridized carbons (Fsp3) is 0.286. The Hall–Kier alpha value is -3.55. The van der Waals surface area contributed by atoms with Gasteiger partial charge in [-0.1, -0.05) is 12.1 Å². The van der Waals surface area contributed by atoms with Crippen LogP contribution in [0, 0.1) is 0 Å². The van der Waals surface area contributed by atoms with Gasteiger partial charge in [0.15, 0.2) is 18.1 Å². The molecule has 8 heteroatoms. The number of aryl methyl sites for hydroxylation is 1. The summed E-state index contributed by atoms with van der Waals surface area (Å²) in [4.78, 5) is 35.6. The molecule has 1 atom stereocenters. The lowest BCUT2D eigenvalue weighted by molar-refractivity contribution is -0.124. The number of benzene rings is 2. The summed E-state index contributed by atoms with van der Waals surface area (Å²) in [6, 6.07) is 12.2. The summed E-state index contributed by atoms with van der Waals surface area (Å²) < 4.78 is 16.4. The molecule has 2 aliphatic rings. The highest BCUT2D eigenvalue weighted by molar-refractivity contribution is 5.96.